The third kappa shape index (κ3) is 6.04. The molecular weight excluding hydrogens is 250 g/mol. The zero-order valence-electron chi connectivity index (χ0n) is 12.6. The molecule has 0 aliphatic heterocycles. The molecule has 0 radical (unpaired) electrons. The van der Waals surface area contributed by atoms with Gasteiger partial charge in [-0.25, -0.2) is 0 Å². The summed E-state index contributed by atoms with van der Waals surface area (Å²) in [5.41, 5.74) is 2.70. The average molecular weight is 277 g/mol. The summed E-state index contributed by atoms with van der Waals surface area (Å²) < 4.78 is 11.1. The molecule has 0 unspecified atom stereocenters. The molecule has 112 valence electrons. The molecule has 0 bridgehead atoms. The predicted molar refractivity (Wildman–Crippen MR) is 81.9 cm³/mol. The Morgan fingerprint density at radius 1 is 1.05 bits per heavy atom. The smallest absolute Gasteiger partial charge is 0.0720 e. The van der Waals surface area contributed by atoms with Crippen molar-refractivity contribution in [2.45, 2.75) is 45.3 Å². The lowest BCUT2D eigenvalue weighted by molar-refractivity contribution is 0.0406. The summed E-state index contributed by atoms with van der Waals surface area (Å²) in [6.45, 7) is 6.07. The van der Waals surface area contributed by atoms with Gasteiger partial charge in [0.05, 0.1) is 19.8 Å². The Balaban J connectivity index is 1.66. The van der Waals surface area contributed by atoms with Crippen LogP contribution in [0, 0.1) is 0 Å². The number of ether oxygens (including phenoxy) is 2. The van der Waals surface area contributed by atoms with Gasteiger partial charge in [0.2, 0.25) is 0 Å². The molecule has 1 N–H and O–H groups in total. The standard InChI is InChI=1S/C17H27NO2/c1-2-11-19-12-13-20-14-16-6-4-3-5-15(16)9-10-18-17-7-8-17/h3-6,17-18H,2,7-14H2,1H3. The predicted octanol–water partition coefficient (Wildman–Crippen LogP) is 2.92. The second kappa shape index (κ2) is 9.11. The van der Waals surface area contributed by atoms with Gasteiger partial charge in [0.15, 0.2) is 0 Å². The summed E-state index contributed by atoms with van der Waals surface area (Å²) in [7, 11) is 0. The molecule has 0 amide bonds. The molecule has 1 aromatic rings. The van der Waals surface area contributed by atoms with E-state index in [1.807, 2.05) is 0 Å². The van der Waals surface area contributed by atoms with E-state index in [0.29, 0.717) is 19.8 Å². The Kier molecular flexibility index (Phi) is 7.06. The summed E-state index contributed by atoms with van der Waals surface area (Å²) in [4.78, 5) is 0. The number of rotatable bonds is 11. The van der Waals surface area contributed by atoms with E-state index in [4.69, 9.17) is 9.47 Å². The molecule has 1 fully saturated rings. The highest BCUT2D eigenvalue weighted by atomic mass is 16.5. The maximum atomic E-state index is 5.70. The molecule has 0 aromatic heterocycles. The molecule has 0 saturated heterocycles. The maximum absolute atomic E-state index is 5.70. The van der Waals surface area contributed by atoms with E-state index < -0.39 is 0 Å². The maximum Gasteiger partial charge on any atom is 0.0720 e. The van der Waals surface area contributed by atoms with Gasteiger partial charge >= 0.3 is 0 Å². The number of hydrogen-bond acceptors (Lipinski definition) is 3. The van der Waals surface area contributed by atoms with E-state index >= 15 is 0 Å². The first kappa shape index (κ1) is 15.5. The minimum atomic E-state index is 0.675. The topological polar surface area (TPSA) is 30.5 Å². The number of benzene rings is 1. The summed E-state index contributed by atoms with van der Waals surface area (Å²) in [5, 5.41) is 3.56. The quantitative estimate of drug-likeness (QED) is 0.631. The highest BCUT2D eigenvalue weighted by molar-refractivity contribution is 5.26. The van der Waals surface area contributed by atoms with Crippen molar-refractivity contribution in [2.24, 2.45) is 0 Å². The van der Waals surface area contributed by atoms with Crippen molar-refractivity contribution in [1.29, 1.82) is 0 Å². The molecule has 1 aliphatic rings. The first-order valence-corrected chi connectivity index (χ1v) is 7.85. The molecule has 0 spiro atoms. The first-order chi connectivity index (χ1) is 9.90. The van der Waals surface area contributed by atoms with Crippen molar-refractivity contribution in [1.82, 2.24) is 5.32 Å². The van der Waals surface area contributed by atoms with Crippen LogP contribution in [0.3, 0.4) is 0 Å². The first-order valence-electron chi connectivity index (χ1n) is 7.85. The lowest BCUT2D eigenvalue weighted by Gasteiger charge is -2.11. The highest BCUT2D eigenvalue weighted by Gasteiger charge is 2.19. The summed E-state index contributed by atoms with van der Waals surface area (Å²) in [6.07, 6.45) is 4.85. The fraction of sp³-hybridized carbons (Fsp3) is 0.647. The minimum absolute atomic E-state index is 0.675. The zero-order chi connectivity index (χ0) is 14.0. The van der Waals surface area contributed by atoms with Gasteiger partial charge in [0, 0.05) is 12.6 Å². The summed E-state index contributed by atoms with van der Waals surface area (Å²) >= 11 is 0. The average Bonchev–Trinajstić information content (AvgIpc) is 3.28. The lowest BCUT2D eigenvalue weighted by atomic mass is 10.1. The van der Waals surface area contributed by atoms with Gasteiger partial charge < -0.3 is 14.8 Å². The Morgan fingerprint density at radius 3 is 2.55 bits per heavy atom. The van der Waals surface area contributed by atoms with Crippen molar-refractivity contribution in [3.05, 3.63) is 35.4 Å². The monoisotopic (exact) mass is 277 g/mol. The van der Waals surface area contributed by atoms with Crippen LogP contribution in [0.1, 0.15) is 37.3 Å². The van der Waals surface area contributed by atoms with Crippen LogP contribution in [0.5, 0.6) is 0 Å². The van der Waals surface area contributed by atoms with Gasteiger partial charge in [-0.15, -0.1) is 0 Å². The number of hydrogen-bond donors (Lipinski definition) is 1. The largest absolute Gasteiger partial charge is 0.379 e. The SMILES string of the molecule is CCCOCCOCc1ccccc1CCNC1CC1. The summed E-state index contributed by atoms with van der Waals surface area (Å²) in [6, 6.07) is 9.36. The van der Waals surface area contributed by atoms with Crippen LogP contribution < -0.4 is 5.32 Å². The van der Waals surface area contributed by atoms with Gasteiger partial charge in [-0.3, -0.25) is 0 Å². The van der Waals surface area contributed by atoms with Crippen LogP contribution in [0.15, 0.2) is 24.3 Å². The third-order valence-electron chi connectivity index (χ3n) is 3.50. The van der Waals surface area contributed by atoms with Gasteiger partial charge in [0.1, 0.15) is 0 Å². The fourth-order valence-electron chi connectivity index (χ4n) is 2.19. The molecule has 1 saturated carbocycles. The molecular formula is C17H27NO2. The van der Waals surface area contributed by atoms with Gasteiger partial charge in [-0.05, 0) is 43.4 Å². The second-order valence-corrected chi connectivity index (χ2v) is 5.41. The van der Waals surface area contributed by atoms with E-state index in [9.17, 15) is 0 Å². The van der Waals surface area contributed by atoms with Crippen molar-refractivity contribution in [3.8, 4) is 0 Å². The van der Waals surface area contributed by atoms with E-state index in [1.165, 1.54) is 24.0 Å². The Hall–Kier alpha value is -0.900. The molecule has 1 aromatic carbocycles. The van der Waals surface area contributed by atoms with Crippen molar-refractivity contribution in [2.75, 3.05) is 26.4 Å². The van der Waals surface area contributed by atoms with Gasteiger partial charge in [-0.2, -0.15) is 0 Å². The van der Waals surface area contributed by atoms with E-state index in [0.717, 1.165) is 32.0 Å². The van der Waals surface area contributed by atoms with Crippen molar-refractivity contribution >= 4 is 0 Å². The third-order valence-corrected chi connectivity index (χ3v) is 3.50. The Labute approximate surface area is 122 Å². The summed E-state index contributed by atoms with van der Waals surface area (Å²) in [5.74, 6) is 0. The van der Waals surface area contributed by atoms with Gasteiger partial charge in [0.25, 0.3) is 0 Å². The molecule has 2 rings (SSSR count). The molecule has 3 heteroatoms. The molecule has 3 nitrogen and oxygen atoms in total. The highest BCUT2D eigenvalue weighted by Crippen LogP contribution is 2.18. The van der Waals surface area contributed by atoms with E-state index in [1.54, 1.807) is 0 Å². The van der Waals surface area contributed by atoms with Crippen LogP contribution in [-0.2, 0) is 22.5 Å². The molecule has 1 aliphatic carbocycles. The van der Waals surface area contributed by atoms with Crippen LogP contribution in [0.4, 0.5) is 0 Å². The van der Waals surface area contributed by atoms with Gasteiger partial charge in [-0.1, -0.05) is 31.2 Å². The Morgan fingerprint density at radius 2 is 1.80 bits per heavy atom. The Bertz CT molecular complexity index is 377. The van der Waals surface area contributed by atoms with E-state index in [-0.39, 0.29) is 0 Å². The van der Waals surface area contributed by atoms with Crippen LogP contribution in [0.2, 0.25) is 0 Å². The molecule has 20 heavy (non-hydrogen) atoms. The normalized spacial score (nSPS) is 14.7. The zero-order valence-corrected chi connectivity index (χ0v) is 12.6. The second-order valence-electron chi connectivity index (χ2n) is 5.41. The fourth-order valence-corrected chi connectivity index (χ4v) is 2.19. The molecule has 0 atom stereocenters. The number of nitrogens with one attached hydrogen (secondary N) is 1. The van der Waals surface area contributed by atoms with Crippen LogP contribution in [0.25, 0.3) is 0 Å². The van der Waals surface area contributed by atoms with Crippen LogP contribution >= 0.6 is 0 Å². The molecule has 0 heterocycles. The van der Waals surface area contributed by atoms with Crippen molar-refractivity contribution < 1.29 is 9.47 Å². The lowest BCUT2D eigenvalue weighted by Crippen LogP contribution is -2.19. The van der Waals surface area contributed by atoms with E-state index in [2.05, 4.69) is 36.5 Å². The minimum Gasteiger partial charge on any atom is -0.379 e. The van der Waals surface area contributed by atoms with Crippen molar-refractivity contribution in [3.63, 3.8) is 0 Å². The van der Waals surface area contributed by atoms with Crippen LogP contribution in [-0.4, -0.2) is 32.4 Å².